The van der Waals surface area contributed by atoms with Gasteiger partial charge < -0.3 is 0 Å². The quantitative estimate of drug-likeness (QED) is 0.466. The monoisotopic (exact) mass is 361 g/mol. The second-order valence-corrected chi connectivity index (χ2v) is 7.49. The highest BCUT2D eigenvalue weighted by Crippen LogP contribution is 2.20. The van der Waals surface area contributed by atoms with Gasteiger partial charge in [0.25, 0.3) is 0 Å². The molecule has 0 fully saturated rings. The van der Waals surface area contributed by atoms with Crippen LogP contribution in [0.3, 0.4) is 0 Å². The summed E-state index contributed by atoms with van der Waals surface area (Å²) in [5.41, 5.74) is 0. The standard InChI is InChI=1S/C15H14F3NO2S2/c16-12-7-8-13(15(18)14(12)17)23(20,21)19-9-4-10-22-11-5-2-1-3-6-11/h1-3,5-8,19H,4,9-10H2. The van der Waals surface area contributed by atoms with Gasteiger partial charge in [0.15, 0.2) is 17.5 Å². The van der Waals surface area contributed by atoms with Crippen molar-refractivity contribution in [1.82, 2.24) is 4.72 Å². The van der Waals surface area contributed by atoms with E-state index in [1.54, 1.807) is 11.8 Å². The third-order valence-electron chi connectivity index (χ3n) is 2.91. The van der Waals surface area contributed by atoms with E-state index < -0.39 is 32.4 Å². The minimum absolute atomic E-state index is 0.0700. The van der Waals surface area contributed by atoms with Gasteiger partial charge in [0.1, 0.15) is 4.90 Å². The zero-order valence-electron chi connectivity index (χ0n) is 11.9. The molecule has 124 valence electrons. The second kappa shape index (κ2) is 7.85. The van der Waals surface area contributed by atoms with E-state index in [0.29, 0.717) is 24.3 Å². The molecule has 3 nitrogen and oxygen atoms in total. The van der Waals surface area contributed by atoms with Crippen LogP contribution in [0.25, 0.3) is 0 Å². The van der Waals surface area contributed by atoms with Gasteiger partial charge in [-0.25, -0.2) is 26.3 Å². The number of thioether (sulfide) groups is 1. The Morgan fingerprint density at radius 2 is 1.65 bits per heavy atom. The summed E-state index contributed by atoms with van der Waals surface area (Å²) in [4.78, 5) is 0.161. The molecule has 23 heavy (non-hydrogen) atoms. The van der Waals surface area contributed by atoms with Gasteiger partial charge in [-0.3, -0.25) is 0 Å². The molecule has 0 amide bonds. The Morgan fingerprint density at radius 3 is 2.35 bits per heavy atom. The van der Waals surface area contributed by atoms with Crippen molar-refractivity contribution in [2.24, 2.45) is 0 Å². The van der Waals surface area contributed by atoms with E-state index >= 15 is 0 Å². The zero-order chi connectivity index (χ0) is 16.9. The normalized spacial score (nSPS) is 11.6. The minimum Gasteiger partial charge on any atom is -0.211 e. The molecule has 8 heteroatoms. The predicted octanol–water partition coefficient (Wildman–Crippen LogP) is 3.56. The zero-order valence-corrected chi connectivity index (χ0v) is 13.6. The SMILES string of the molecule is O=S(=O)(NCCCSc1ccccc1)c1ccc(F)c(F)c1F. The highest BCUT2D eigenvalue weighted by atomic mass is 32.2. The topological polar surface area (TPSA) is 46.2 Å². The molecule has 2 rings (SSSR count). The predicted molar refractivity (Wildman–Crippen MR) is 83.3 cm³/mol. The Balaban J connectivity index is 1.88. The van der Waals surface area contributed by atoms with Crippen LogP contribution in [0.1, 0.15) is 6.42 Å². The van der Waals surface area contributed by atoms with Gasteiger partial charge in [-0.1, -0.05) is 18.2 Å². The lowest BCUT2D eigenvalue weighted by molar-refractivity contribution is 0.431. The smallest absolute Gasteiger partial charge is 0.211 e. The third-order valence-corrected chi connectivity index (χ3v) is 5.49. The average Bonchev–Trinajstić information content (AvgIpc) is 2.53. The highest BCUT2D eigenvalue weighted by Gasteiger charge is 2.23. The molecular weight excluding hydrogens is 347 g/mol. The van der Waals surface area contributed by atoms with Crippen LogP contribution in [0.2, 0.25) is 0 Å². The van der Waals surface area contributed by atoms with Gasteiger partial charge in [-0.15, -0.1) is 11.8 Å². The molecule has 0 saturated carbocycles. The molecule has 0 bridgehead atoms. The molecule has 0 aromatic heterocycles. The van der Waals surface area contributed by atoms with Crippen molar-refractivity contribution < 1.29 is 21.6 Å². The number of rotatable bonds is 7. The fraction of sp³-hybridized carbons (Fsp3) is 0.200. The van der Waals surface area contributed by atoms with Gasteiger partial charge in [-0.2, -0.15) is 0 Å². The largest absolute Gasteiger partial charge is 0.243 e. The van der Waals surface area contributed by atoms with E-state index in [-0.39, 0.29) is 6.54 Å². The van der Waals surface area contributed by atoms with Crippen LogP contribution in [0, 0.1) is 17.5 Å². The first-order valence-electron chi connectivity index (χ1n) is 6.73. The summed E-state index contributed by atoms with van der Waals surface area (Å²) in [5.74, 6) is -4.28. The summed E-state index contributed by atoms with van der Waals surface area (Å²) in [6.45, 7) is 0.0700. The fourth-order valence-corrected chi connectivity index (χ4v) is 3.79. The molecule has 0 atom stereocenters. The second-order valence-electron chi connectivity index (χ2n) is 4.59. The number of halogens is 3. The molecule has 0 heterocycles. The van der Waals surface area contributed by atoms with E-state index in [0.717, 1.165) is 4.90 Å². The van der Waals surface area contributed by atoms with E-state index in [4.69, 9.17) is 0 Å². The molecule has 2 aromatic rings. The van der Waals surface area contributed by atoms with Crippen LogP contribution in [0.5, 0.6) is 0 Å². The van der Waals surface area contributed by atoms with Gasteiger partial charge in [-0.05, 0) is 36.4 Å². The van der Waals surface area contributed by atoms with Crippen molar-refractivity contribution in [2.75, 3.05) is 12.3 Å². The van der Waals surface area contributed by atoms with Gasteiger partial charge in [0.2, 0.25) is 10.0 Å². The maximum Gasteiger partial charge on any atom is 0.243 e. The summed E-state index contributed by atoms with van der Waals surface area (Å²) >= 11 is 1.56. The van der Waals surface area contributed by atoms with Crippen LogP contribution < -0.4 is 4.72 Å². The van der Waals surface area contributed by atoms with E-state index in [9.17, 15) is 21.6 Å². The summed E-state index contributed by atoms with van der Waals surface area (Å²) in [5, 5.41) is 0. The fourth-order valence-electron chi connectivity index (χ4n) is 1.78. The van der Waals surface area contributed by atoms with Crippen molar-refractivity contribution in [1.29, 1.82) is 0 Å². The van der Waals surface area contributed by atoms with Crippen LogP contribution in [-0.2, 0) is 10.0 Å². The lowest BCUT2D eigenvalue weighted by Gasteiger charge is -2.08. The van der Waals surface area contributed by atoms with Crippen molar-refractivity contribution in [3.8, 4) is 0 Å². The van der Waals surface area contributed by atoms with Crippen molar-refractivity contribution in [2.45, 2.75) is 16.2 Å². The Bertz CT molecular complexity index is 768. The molecule has 2 aromatic carbocycles. The molecule has 0 aliphatic heterocycles. The van der Waals surface area contributed by atoms with Crippen LogP contribution in [0.4, 0.5) is 13.2 Å². The van der Waals surface area contributed by atoms with Crippen LogP contribution in [0.15, 0.2) is 52.3 Å². The molecule has 1 N–H and O–H groups in total. The number of benzene rings is 2. The van der Waals surface area contributed by atoms with E-state index in [1.807, 2.05) is 30.3 Å². The number of hydrogen-bond acceptors (Lipinski definition) is 3. The number of sulfonamides is 1. The maximum absolute atomic E-state index is 13.5. The maximum atomic E-state index is 13.5. The molecule has 0 saturated heterocycles. The first-order valence-corrected chi connectivity index (χ1v) is 9.20. The van der Waals surface area contributed by atoms with Gasteiger partial charge >= 0.3 is 0 Å². The summed E-state index contributed by atoms with van der Waals surface area (Å²) in [6.07, 6.45) is 0.504. The van der Waals surface area contributed by atoms with Crippen LogP contribution in [-0.4, -0.2) is 20.7 Å². The minimum atomic E-state index is -4.22. The Kier molecular flexibility index (Phi) is 6.09. The third kappa shape index (κ3) is 4.73. The summed E-state index contributed by atoms with van der Waals surface area (Å²) in [7, 11) is -4.22. The summed E-state index contributed by atoms with van der Waals surface area (Å²) in [6, 6.07) is 10.9. The highest BCUT2D eigenvalue weighted by molar-refractivity contribution is 7.99. The molecule has 0 aliphatic rings. The van der Waals surface area contributed by atoms with Crippen LogP contribution >= 0.6 is 11.8 Å². The Hall–Kier alpha value is -1.51. The molecule has 0 radical (unpaired) electrons. The lowest BCUT2D eigenvalue weighted by Crippen LogP contribution is -2.26. The number of hydrogen-bond donors (Lipinski definition) is 1. The molecule has 0 aliphatic carbocycles. The number of nitrogens with one attached hydrogen (secondary N) is 1. The van der Waals surface area contributed by atoms with Crippen molar-refractivity contribution in [3.63, 3.8) is 0 Å². The first kappa shape index (κ1) is 17.8. The Labute approximate surface area is 137 Å². The summed E-state index contributed by atoms with van der Waals surface area (Å²) < 4.78 is 65.4. The van der Waals surface area contributed by atoms with E-state index in [2.05, 4.69) is 4.72 Å². The first-order chi connectivity index (χ1) is 10.9. The average molecular weight is 361 g/mol. The van der Waals surface area contributed by atoms with Crippen molar-refractivity contribution >= 4 is 21.8 Å². The lowest BCUT2D eigenvalue weighted by atomic mass is 10.3. The molecule has 0 unspecified atom stereocenters. The van der Waals surface area contributed by atoms with E-state index in [1.165, 1.54) is 0 Å². The molecule has 0 spiro atoms. The van der Waals surface area contributed by atoms with Gasteiger partial charge in [0, 0.05) is 11.4 Å². The van der Waals surface area contributed by atoms with Crippen molar-refractivity contribution in [3.05, 3.63) is 59.9 Å². The van der Waals surface area contributed by atoms with Gasteiger partial charge in [0.05, 0.1) is 0 Å². The Morgan fingerprint density at radius 1 is 0.957 bits per heavy atom. The molecular formula is C15H14F3NO2S2.